The second-order valence-corrected chi connectivity index (χ2v) is 7.61. The van der Waals surface area contributed by atoms with Gasteiger partial charge in [-0.3, -0.25) is 0 Å². The summed E-state index contributed by atoms with van der Waals surface area (Å²) in [6.07, 6.45) is 0.585. The van der Waals surface area contributed by atoms with Crippen molar-refractivity contribution in [3.05, 3.63) is 33.1 Å². The molecule has 0 saturated heterocycles. The van der Waals surface area contributed by atoms with Crippen molar-refractivity contribution in [3.8, 4) is 0 Å². The largest absolute Gasteiger partial charge is 0.250 e. The number of thiophene rings is 1. The van der Waals surface area contributed by atoms with Crippen LogP contribution in [-0.4, -0.2) is 19.9 Å². The molecule has 0 atom stereocenters. The van der Waals surface area contributed by atoms with Crippen molar-refractivity contribution in [2.24, 2.45) is 0 Å². The van der Waals surface area contributed by atoms with Gasteiger partial charge in [0.15, 0.2) is 0 Å². The number of rotatable bonds is 5. The Kier molecular flexibility index (Phi) is 4.16. The highest BCUT2D eigenvalue weighted by molar-refractivity contribution is 7.91. The molecule has 2 aromatic heterocycles. The molecule has 0 amide bonds. The van der Waals surface area contributed by atoms with Gasteiger partial charge in [-0.25, -0.2) is 18.1 Å². The zero-order valence-corrected chi connectivity index (χ0v) is 11.8. The number of halogens is 1. The van der Waals surface area contributed by atoms with Crippen LogP contribution in [-0.2, 0) is 16.4 Å². The van der Waals surface area contributed by atoms with Crippen LogP contribution >= 0.6 is 34.3 Å². The third kappa shape index (κ3) is 3.49. The molecule has 0 unspecified atom stereocenters. The number of sulfonamides is 1. The van der Waals surface area contributed by atoms with E-state index in [-0.39, 0.29) is 4.21 Å². The van der Waals surface area contributed by atoms with Crippen molar-refractivity contribution in [2.45, 2.75) is 10.6 Å². The molecule has 0 aliphatic carbocycles. The summed E-state index contributed by atoms with van der Waals surface area (Å²) < 4.78 is 26.8. The van der Waals surface area contributed by atoms with E-state index in [4.69, 9.17) is 11.6 Å². The van der Waals surface area contributed by atoms with Gasteiger partial charge in [-0.1, -0.05) is 11.6 Å². The van der Waals surface area contributed by atoms with Crippen LogP contribution in [0.4, 0.5) is 0 Å². The summed E-state index contributed by atoms with van der Waals surface area (Å²) in [5, 5.41) is 1.90. The van der Waals surface area contributed by atoms with E-state index in [9.17, 15) is 8.42 Å². The summed E-state index contributed by atoms with van der Waals surface area (Å²) in [6, 6.07) is 3.07. The molecule has 0 radical (unpaired) electrons. The summed E-state index contributed by atoms with van der Waals surface area (Å²) in [6.45, 7) is 0.335. The van der Waals surface area contributed by atoms with Gasteiger partial charge in [0.05, 0.1) is 15.5 Å². The molecule has 0 aliphatic rings. The van der Waals surface area contributed by atoms with Crippen LogP contribution in [0.2, 0.25) is 4.34 Å². The standard InChI is InChI=1S/C9H9ClN2O2S3/c10-8-1-2-9(16-8)17(13,14)12-4-3-7-5-15-6-11-7/h1-2,5-6,12H,3-4H2. The van der Waals surface area contributed by atoms with E-state index in [1.165, 1.54) is 17.4 Å². The molecule has 0 aliphatic heterocycles. The molecule has 2 aromatic rings. The number of aromatic nitrogens is 1. The third-order valence-corrected chi connectivity index (χ3v) is 5.79. The van der Waals surface area contributed by atoms with E-state index in [1.807, 2.05) is 5.38 Å². The fourth-order valence-electron chi connectivity index (χ4n) is 1.19. The molecule has 0 spiro atoms. The molecule has 2 rings (SSSR count). The fraction of sp³-hybridized carbons (Fsp3) is 0.222. The van der Waals surface area contributed by atoms with Gasteiger partial charge in [0, 0.05) is 18.3 Å². The molecule has 8 heteroatoms. The maximum atomic E-state index is 11.8. The summed E-state index contributed by atoms with van der Waals surface area (Å²) in [5.41, 5.74) is 2.62. The maximum Gasteiger partial charge on any atom is 0.250 e. The Morgan fingerprint density at radius 3 is 2.82 bits per heavy atom. The predicted octanol–water partition coefficient (Wildman–Crippen LogP) is 2.38. The topological polar surface area (TPSA) is 59.1 Å². The Balaban J connectivity index is 1.94. The van der Waals surface area contributed by atoms with E-state index >= 15 is 0 Å². The van der Waals surface area contributed by atoms with Gasteiger partial charge in [-0.05, 0) is 12.1 Å². The molecular weight excluding hydrogens is 300 g/mol. The van der Waals surface area contributed by atoms with E-state index in [0.717, 1.165) is 17.0 Å². The smallest absolute Gasteiger partial charge is 0.250 e. The maximum absolute atomic E-state index is 11.8. The fourth-order valence-corrected chi connectivity index (χ4v) is 4.34. The number of hydrogen-bond acceptors (Lipinski definition) is 5. The molecule has 0 bridgehead atoms. The minimum absolute atomic E-state index is 0.237. The highest BCUT2D eigenvalue weighted by Crippen LogP contribution is 2.25. The van der Waals surface area contributed by atoms with Gasteiger partial charge in [0.25, 0.3) is 0 Å². The van der Waals surface area contributed by atoms with Gasteiger partial charge >= 0.3 is 0 Å². The van der Waals surface area contributed by atoms with Crippen LogP contribution in [0.1, 0.15) is 5.69 Å². The normalized spacial score (nSPS) is 11.8. The zero-order valence-electron chi connectivity index (χ0n) is 8.59. The molecule has 0 fully saturated rings. The van der Waals surface area contributed by atoms with Crippen LogP contribution in [0, 0.1) is 0 Å². The molecule has 92 valence electrons. The Hall–Kier alpha value is -0.470. The predicted molar refractivity (Wildman–Crippen MR) is 70.3 cm³/mol. The lowest BCUT2D eigenvalue weighted by atomic mass is 10.3. The molecule has 4 nitrogen and oxygen atoms in total. The molecule has 2 heterocycles. The van der Waals surface area contributed by atoms with Gasteiger partial charge in [0.2, 0.25) is 10.0 Å². The highest BCUT2D eigenvalue weighted by atomic mass is 35.5. The first-order chi connectivity index (χ1) is 8.08. The summed E-state index contributed by atoms with van der Waals surface area (Å²) >= 11 is 8.24. The van der Waals surface area contributed by atoms with Gasteiger partial charge in [0.1, 0.15) is 4.21 Å². The third-order valence-electron chi connectivity index (χ3n) is 1.97. The van der Waals surface area contributed by atoms with Crippen LogP contribution in [0.3, 0.4) is 0 Å². The molecule has 0 saturated carbocycles. The number of hydrogen-bond donors (Lipinski definition) is 1. The minimum Gasteiger partial charge on any atom is -0.250 e. The first-order valence-electron chi connectivity index (χ1n) is 4.70. The second kappa shape index (κ2) is 5.45. The lowest BCUT2D eigenvalue weighted by molar-refractivity contribution is 0.583. The number of nitrogens with one attached hydrogen (secondary N) is 1. The monoisotopic (exact) mass is 308 g/mol. The molecule has 1 N–H and O–H groups in total. The van der Waals surface area contributed by atoms with Gasteiger partial charge in [-0.2, -0.15) is 0 Å². The Morgan fingerprint density at radius 2 is 2.24 bits per heavy atom. The summed E-state index contributed by atoms with van der Waals surface area (Å²) in [4.78, 5) is 4.08. The Labute approximate surface area is 112 Å². The van der Waals surface area contributed by atoms with E-state index < -0.39 is 10.0 Å². The van der Waals surface area contributed by atoms with E-state index in [1.54, 1.807) is 11.6 Å². The molecular formula is C9H9ClN2O2S3. The lowest BCUT2D eigenvalue weighted by Crippen LogP contribution is -2.25. The number of nitrogens with zero attached hydrogens (tertiary/aromatic N) is 1. The summed E-state index contributed by atoms with van der Waals surface area (Å²) in [7, 11) is -3.43. The van der Waals surface area contributed by atoms with Gasteiger partial charge in [-0.15, -0.1) is 22.7 Å². The minimum atomic E-state index is -3.43. The SMILES string of the molecule is O=S(=O)(NCCc1cscn1)c1ccc(Cl)s1. The Bertz CT molecular complexity index is 577. The second-order valence-electron chi connectivity index (χ2n) is 3.19. The summed E-state index contributed by atoms with van der Waals surface area (Å²) in [5.74, 6) is 0. The number of thiazole rings is 1. The van der Waals surface area contributed by atoms with Crippen molar-refractivity contribution in [1.29, 1.82) is 0 Å². The lowest BCUT2D eigenvalue weighted by Gasteiger charge is -2.02. The van der Waals surface area contributed by atoms with Crippen molar-refractivity contribution in [1.82, 2.24) is 9.71 Å². The van der Waals surface area contributed by atoms with Crippen LogP contribution < -0.4 is 4.72 Å². The molecule has 17 heavy (non-hydrogen) atoms. The van der Waals surface area contributed by atoms with Gasteiger partial charge < -0.3 is 0 Å². The van der Waals surface area contributed by atoms with E-state index in [0.29, 0.717) is 17.3 Å². The average molecular weight is 309 g/mol. The van der Waals surface area contributed by atoms with Crippen LogP contribution in [0.25, 0.3) is 0 Å². The quantitative estimate of drug-likeness (QED) is 0.922. The van der Waals surface area contributed by atoms with Crippen molar-refractivity contribution < 1.29 is 8.42 Å². The van der Waals surface area contributed by atoms with E-state index in [2.05, 4.69) is 9.71 Å². The highest BCUT2D eigenvalue weighted by Gasteiger charge is 2.15. The van der Waals surface area contributed by atoms with Crippen LogP contribution in [0.15, 0.2) is 27.2 Å². The first-order valence-corrected chi connectivity index (χ1v) is 8.32. The van der Waals surface area contributed by atoms with Crippen molar-refractivity contribution in [3.63, 3.8) is 0 Å². The Morgan fingerprint density at radius 1 is 1.41 bits per heavy atom. The average Bonchev–Trinajstić information content (AvgIpc) is 2.89. The van der Waals surface area contributed by atoms with Crippen LogP contribution in [0.5, 0.6) is 0 Å². The zero-order chi connectivity index (χ0) is 12.3. The first kappa shape index (κ1) is 13.0. The van der Waals surface area contributed by atoms with Crippen molar-refractivity contribution >= 4 is 44.3 Å². The molecule has 0 aromatic carbocycles. The van der Waals surface area contributed by atoms with Crippen molar-refractivity contribution in [2.75, 3.05) is 6.54 Å².